The first kappa shape index (κ1) is 11.5. The van der Waals surface area contributed by atoms with Crippen LogP contribution in [0.1, 0.15) is 0 Å². The second-order valence-electron chi connectivity index (χ2n) is 2.43. The van der Waals surface area contributed by atoms with E-state index in [9.17, 15) is 27.5 Å². The Morgan fingerprint density at radius 2 is 1.93 bits per heavy atom. The highest BCUT2D eigenvalue weighted by molar-refractivity contribution is 7.88. The number of sulfonamides is 1. The molecule has 0 atom stereocenters. The first-order valence-corrected chi connectivity index (χ1v) is 4.91. The molecule has 6 nitrogen and oxygen atoms in total. The Morgan fingerprint density at radius 3 is 2.40 bits per heavy atom. The molecule has 0 aliphatic rings. The van der Waals surface area contributed by atoms with Crippen LogP contribution in [-0.4, -0.2) is 18.1 Å². The Bertz CT molecular complexity index is 488. The Hall–Kier alpha value is -1.61. The van der Waals surface area contributed by atoms with Gasteiger partial charge in [0.2, 0.25) is 0 Å². The number of nitro benzene ring substituents is 1. The summed E-state index contributed by atoms with van der Waals surface area (Å²) in [6.45, 7) is 0. The van der Waals surface area contributed by atoms with Gasteiger partial charge in [0.1, 0.15) is 4.75 Å². The predicted molar refractivity (Wildman–Crippen MR) is 44.3 cm³/mol. The van der Waals surface area contributed by atoms with Gasteiger partial charge in [-0.3, -0.25) is 10.1 Å². The third-order valence-electron chi connectivity index (χ3n) is 1.51. The number of non-ortho nitro benzene ring substituents is 1. The summed E-state index contributed by atoms with van der Waals surface area (Å²) >= 11 is 0. The number of halogens is 2. The van der Waals surface area contributed by atoms with Crippen molar-refractivity contribution in [2.24, 2.45) is 0 Å². The van der Waals surface area contributed by atoms with E-state index in [2.05, 4.69) is 0 Å². The minimum atomic E-state index is -4.94. The lowest BCUT2D eigenvalue weighted by Gasteiger charge is -2.02. The molecule has 0 radical (unpaired) electrons. The molecule has 0 aromatic heterocycles. The molecule has 0 aliphatic carbocycles. The molecule has 1 aromatic rings. The van der Waals surface area contributed by atoms with Crippen LogP contribution < -0.4 is 0 Å². The van der Waals surface area contributed by atoms with Gasteiger partial charge in [0.25, 0.3) is 15.7 Å². The third-order valence-corrected chi connectivity index (χ3v) is 2.72. The number of hydrogen-bond donors (Lipinski definition) is 0. The van der Waals surface area contributed by atoms with Crippen molar-refractivity contribution >= 4 is 15.7 Å². The molecule has 0 spiro atoms. The van der Waals surface area contributed by atoms with Gasteiger partial charge in [-0.2, -0.15) is 0 Å². The highest BCUT2D eigenvalue weighted by atomic mass is 32.2. The fraction of sp³-hybridized carbons (Fsp3) is 0. The van der Waals surface area contributed by atoms with Crippen molar-refractivity contribution in [2.75, 3.05) is 0 Å². The summed E-state index contributed by atoms with van der Waals surface area (Å²) in [6, 6.07) is 3.41. The number of benzene rings is 1. The van der Waals surface area contributed by atoms with E-state index < -0.39 is 30.3 Å². The summed E-state index contributed by atoms with van der Waals surface area (Å²) in [6.07, 6.45) is 0. The first-order chi connectivity index (χ1) is 6.85. The van der Waals surface area contributed by atoms with Crippen molar-refractivity contribution in [1.82, 2.24) is 4.75 Å². The summed E-state index contributed by atoms with van der Waals surface area (Å²) < 4.78 is 43.5. The number of nitro groups is 1. The zero-order valence-corrected chi connectivity index (χ0v) is 7.82. The summed E-state index contributed by atoms with van der Waals surface area (Å²) in [5, 5.41) is 10.3. The maximum Gasteiger partial charge on any atom is 0.297 e. The number of rotatable bonds is 3. The van der Waals surface area contributed by atoms with Crippen LogP contribution in [0.5, 0.6) is 0 Å². The highest BCUT2D eigenvalue weighted by Gasteiger charge is 2.26. The lowest BCUT2D eigenvalue weighted by atomic mass is 10.3. The fourth-order valence-corrected chi connectivity index (χ4v) is 1.52. The van der Waals surface area contributed by atoms with Gasteiger partial charge in [0.05, 0.1) is 9.82 Å². The zero-order chi connectivity index (χ0) is 11.6. The Labute approximate surface area is 82.8 Å². The summed E-state index contributed by atoms with van der Waals surface area (Å²) in [5.74, 6) is 0. The van der Waals surface area contributed by atoms with E-state index >= 15 is 0 Å². The second kappa shape index (κ2) is 3.87. The second-order valence-corrected chi connectivity index (χ2v) is 4.13. The van der Waals surface area contributed by atoms with Gasteiger partial charge in [-0.15, -0.1) is 0 Å². The monoisotopic (exact) mass is 238 g/mol. The summed E-state index contributed by atoms with van der Waals surface area (Å²) in [5.41, 5.74) is -0.571. The van der Waals surface area contributed by atoms with E-state index in [0.29, 0.717) is 6.07 Å². The van der Waals surface area contributed by atoms with Crippen molar-refractivity contribution in [3.63, 3.8) is 0 Å². The van der Waals surface area contributed by atoms with Crippen molar-refractivity contribution in [3.05, 3.63) is 34.4 Å². The van der Waals surface area contributed by atoms with E-state index in [1.807, 2.05) is 0 Å². The Kier molecular flexibility index (Phi) is 2.95. The van der Waals surface area contributed by atoms with Crippen LogP contribution in [0.15, 0.2) is 29.2 Å². The van der Waals surface area contributed by atoms with Gasteiger partial charge in [-0.1, -0.05) is 15.0 Å². The zero-order valence-electron chi connectivity index (χ0n) is 7.00. The SMILES string of the molecule is O=[N+]([O-])c1cccc(S(=O)(=O)N(F)F)c1. The minimum Gasteiger partial charge on any atom is -0.258 e. The molecule has 0 heterocycles. The molecule has 9 heteroatoms. The van der Waals surface area contributed by atoms with E-state index in [1.165, 1.54) is 0 Å². The van der Waals surface area contributed by atoms with Crippen LogP contribution in [0.25, 0.3) is 0 Å². The predicted octanol–water partition coefficient (Wildman–Crippen LogP) is 1.35. The van der Waals surface area contributed by atoms with Crippen LogP contribution in [0.2, 0.25) is 0 Å². The Balaban J connectivity index is 3.29. The van der Waals surface area contributed by atoms with Crippen LogP contribution >= 0.6 is 0 Å². The average molecular weight is 238 g/mol. The molecule has 0 amide bonds. The molecule has 1 rings (SSSR count). The van der Waals surface area contributed by atoms with Gasteiger partial charge in [-0.05, 0) is 6.07 Å². The maximum atomic E-state index is 11.9. The highest BCUT2D eigenvalue weighted by Crippen LogP contribution is 2.21. The number of hydrogen-bond acceptors (Lipinski definition) is 4. The third kappa shape index (κ3) is 2.25. The average Bonchev–Trinajstić information content (AvgIpc) is 2.17. The fourth-order valence-electron chi connectivity index (χ4n) is 0.837. The van der Waals surface area contributed by atoms with Crippen molar-refractivity contribution in [1.29, 1.82) is 0 Å². The Morgan fingerprint density at radius 1 is 1.33 bits per heavy atom. The van der Waals surface area contributed by atoms with Gasteiger partial charge in [0.15, 0.2) is 0 Å². The van der Waals surface area contributed by atoms with E-state index in [-0.39, 0.29) is 0 Å². The molecule has 0 aliphatic heterocycles. The number of nitrogens with zero attached hydrogens (tertiary/aromatic N) is 2. The molecule has 15 heavy (non-hydrogen) atoms. The summed E-state index contributed by atoms with van der Waals surface area (Å²) in [7, 11) is -4.94. The van der Waals surface area contributed by atoms with Crippen LogP contribution in [0.4, 0.5) is 14.6 Å². The first-order valence-electron chi connectivity index (χ1n) is 3.47. The topological polar surface area (TPSA) is 80.5 Å². The maximum absolute atomic E-state index is 11.9. The molecule has 0 unspecified atom stereocenters. The van der Waals surface area contributed by atoms with E-state index in [1.54, 1.807) is 0 Å². The molecule has 1 aromatic carbocycles. The van der Waals surface area contributed by atoms with Crippen LogP contribution in [0.3, 0.4) is 0 Å². The van der Waals surface area contributed by atoms with Crippen LogP contribution in [-0.2, 0) is 10.0 Å². The smallest absolute Gasteiger partial charge is 0.258 e. The molecular formula is C6H4F2N2O4S. The van der Waals surface area contributed by atoms with Gasteiger partial charge < -0.3 is 0 Å². The molecule has 0 bridgehead atoms. The lowest BCUT2D eigenvalue weighted by Crippen LogP contribution is -2.14. The lowest BCUT2D eigenvalue weighted by molar-refractivity contribution is -0.385. The molecule has 0 saturated carbocycles. The van der Waals surface area contributed by atoms with Gasteiger partial charge >= 0.3 is 0 Å². The van der Waals surface area contributed by atoms with E-state index in [4.69, 9.17) is 0 Å². The van der Waals surface area contributed by atoms with Crippen LogP contribution in [0, 0.1) is 10.1 Å². The molecule has 0 saturated heterocycles. The van der Waals surface area contributed by atoms with E-state index in [0.717, 1.165) is 18.2 Å². The quantitative estimate of drug-likeness (QED) is 0.452. The normalized spacial score (nSPS) is 11.7. The van der Waals surface area contributed by atoms with Crippen molar-refractivity contribution in [3.8, 4) is 0 Å². The minimum absolute atomic E-state index is 0.557. The largest absolute Gasteiger partial charge is 0.297 e. The molecule has 0 fully saturated rings. The standard InChI is InChI=1S/C6H4F2N2O4S/c7-10(8)15(13,14)6-3-1-2-5(4-6)9(11)12/h1-4H. The summed E-state index contributed by atoms with van der Waals surface area (Å²) in [4.78, 5) is 8.55. The van der Waals surface area contributed by atoms with Gasteiger partial charge in [-0.25, -0.2) is 8.42 Å². The van der Waals surface area contributed by atoms with Crippen molar-refractivity contribution in [2.45, 2.75) is 4.90 Å². The molecule has 0 N–H and O–H groups in total. The molecule has 82 valence electrons. The van der Waals surface area contributed by atoms with Gasteiger partial charge in [0, 0.05) is 12.1 Å². The molecular weight excluding hydrogens is 234 g/mol. The van der Waals surface area contributed by atoms with Crippen molar-refractivity contribution < 1.29 is 22.3 Å².